The number of hydrogen-bond acceptors (Lipinski definition) is 6. The molecule has 0 spiro atoms. The first kappa shape index (κ1) is 21.5. The van der Waals surface area contributed by atoms with Crippen LogP contribution in [-0.4, -0.2) is 58.9 Å². The van der Waals surface area contributed by atoms with Gasteiger partial charge in [0.05, 0.1) is 24.4 Å². The third kappa shape index (κ3) is 3.95. The van der Waals surface area contributed by atoms with Crippen molar-refractivity contribution in [3.8, 4) is 5.75 Å². The van der Waals surface area contributed by atoms with Crippen molar-refractivity contribution in [1.29, 1.82) is 0 Å². The Bertz CT molecular complexity index is 1140. The lowest BCUT2D eigenvalue weighted by atomic mass is 10.0. The van der Waals surface area contributed by atoms with Crippen LogP contribution >= 0.6 is 0 Å². The predicted molar refractivity (Wildman–Crippen MR) is 111 cm³/mol. The van der Waals surface area contributed by atoms with E-state index in [4.69, 9.17) is 14.7 Å². The van der Waals surface area contributed by atoms with Crippen molar-refractivity contribution in [1.82, 2.24) is 15.4 Å². The molecular formula is C21H21FN4O6. The van der Waals surface area contributed by atoms with Gasteiger partial charge < -0.3 is 25.5 Å². The number of benzene rings is 1. The molecule has 168 valence electrons. The first-order valence-corrected chi connectivity index (χ1v) is 9.84. The van der Waals surface area contributed by atoms with Crippen molar-refractivity contribution < 1.29 is 33.5 Å². The Hall–Kier alpha value is -3.70. The van der Waals surface area contributed by atoms with E-state index >= 15 is 0 Å². The summed E-state index contributed by atoms with van der Waals surface area (Å²) in [5, 5.41) is 15.0. The minimum atomic E-state index is -0.927. The molecule has 4 rings (SSSR count). The summed E-state index contributed by atoms with van der Waals surface area (Å²) in [6.45, 7) is 3.05. The van der Waals surface area contributed by atoms with Crippen LogP contribution in [0, 0.1) is 19.7 Å². The summed E-state index contributed by atoms with van der Waals surface area (Å²) >= 11 is 0. The number of amides is 3. The molecule has 32 heavy (non-hydrogen) atoms. The number of nitrogens with zero attached hydrogens (tertiary/aromatic N) is 1. The maximum atomic E-state index is 13.7. The zero-order valence-electron chi connectivity index (χ0n) is 17.3. The number of nitrogens with one attached hydrogen (secondary N) is 3. The lowest BCUT2D eigenvalue weighted by Crippen LogP contribution is -2.44. The molecule has 11 heteroatoms. The Morgan fingerprint density at radius 2 is 2.19 bits per heavy atom. The molecule has 10 nitrogen and oxygen atoms in total. The molecule has 1 fully saturated rings. The second-order valence-electron chi connectivity index (χ2n) is 7.37. The van der Waals surface area contributed by atoms with Crippen LogP contribution in [0.25, 0.3) is 11.6 Å². The number of ether oxygens (including phenoxy) is 1. The molecule has 0 unspecified atom stereocenters. The molecule has 1 aromatic heterocycles. The Kier molecular flexibility index (Phi) is 5.68. The number of rotatable bonds is 5. The van der Waals surface area contributed by atoms with Crippen LogP contribution < -0.4 is 15.4 Å². The SMILES string of the molecule is Cc1[nH]c(/C=C2\C(=O)Nc3ccc(F)cc32)c(C)c1OC(=O)N[C@@H]1CON(CCO)C1=O. The number of aliphatic hydroxyl groups is 1. The monoisotopic (exact) mass is 444 g/mol. The van der Waals surface area contributed by atoms with E-state index in [1.807, 2.05) is 0 Å². The van der Waals surface area contributed by atoms with Crippen molar-refractivity contribution in [3.05, 3.63) is 46.5 Å². The Labute approximate surface area is 181 Å². The molecule has 1 saturated heterocycles. The number of halogens is 1. The van der Waals surface area contributed by atoms with Gasteiger partial charge in [-0.1, -0.05) is 0 Å². The number of hydroxylamine groups is 2. The number of aryl methyl sites for hydroxylation is 1. The van der Waals surface area contributed by atoms with Crippen molar-refractivity contribution in [3.63, 3.8) is 0 Å². The number of carbonyl (C=O) groups is 3. The fourth-order valence-corrected chi connectivity index (χ4v) is 3.61. The lowest BCUT2D eigenvalue weighted by molar-refractivity contribution is -0.163. The lowest BCUT2D eigenvalue weighted by Gasteiger charge is -2.13. The summed E-state index contributed by atoms with van der Waals surface area (Å²) in [5.74, 6) is -1.08. The average Bonchev–Trinajstić information content (AvgIpc) is 3.33. The van der Waals surface area contributed by atoms with Gasteiger partial charge in [-0.3, -0.25) is 14.4 Å². The number of aromatic amines is 1. The van der Waals surface area contributed by atoms with Gasteiger partial charge in [0, 0.05) is 22.5 Å². The molecule has 0 radical (unpaired) electrons. The van der Waals surface area contributed by atoms with Crippen LogP contribution in [0.1, 0.15) is 22.5 Å². The molecule has 3 amide bonds. The quantitative estimate of drug-likeness (QED) is 0.517. The van der Waals surface area contributed by atoms with Gasteiger partial charge in [-0.15, -0.1) is 0 Å². The Morgan fingerprint density at radius 1 is 1.41 bits per heavy atom. The van der Waals surface area contributed by atoms with Crippen molar-refractivity contribution in [2.45, 2.75) is 19.9 Å². The highest BCUT2D eigenvalue weighted by molar-refractivity contribution is 6.34. The average molecular weight is 444 g/mol. The third-order valence-electron chi connectivity index (χ3n) is 5.19. The van der Waals surface area contributed by atoms with Crippen LogP contribution in [0.4, 0.5) is 14.9 Å². The second-order valence-corrected chi connectivity index (χ2v) is 7.37. The van der Waals surface area contributed by atoms with Gasteiger partial charge in [-0.05, 0) is 38.1 Å². The molecule has 2 aliphatic rings. The van der Waals surface area contributed by atoms with E-state index in [-0.39, 0.29) is 37.0 Å². The number of β-amino-alcohol motifs (C(OH)–C–C–N with tert-alkyl or cyclic N) is 1. The summed E-state index contributed by atoms with van der Waals surface area (Å²) in [6, 6.07) is 3.10. The maximum absolute atomic E-state index is 13.7. The number of aromatic nitrogens is 1. The molecule has 4 N–H and O–H groups in total. The maximum Gasteiger partial charge on any atom is 0.413 e. The topological polar surface area (TPSA) is 133 Å². The van der Waals surface area contributed by atoms with Gasteiger partial charge in [0.25, 0.3) is 11.8 Å². The highest BCUT2D eigenvalue weighted by Crippen LogP contribution is 2.35. The minimum Gasteiger partial charge on any atom is -0.408 e. The predicted octanol–water partition coefficient (Wildman–Crippen LogP) is 1.49. The van der Waals surface area contributed by atoms with E-state index in [1.54, 1.807) is 19.9 Å². The molecule has 3 heterocycles. The van der Waals surface area contributed by atoms with Crippen LogP contribution in [0.3, 0.4) is 0 Å². The summed E-state index contributed by atoms with van der Waals surface area (Å²) < 4.78 is 19.1. The molecule has 1 aromatic carbocycles. The summed E-state index contributed by atoms with van der Waals surface area (Å²) in [7, 11) is 0. The Balaban J connectivity index is 1.51. The van der Waals surface area contributed by atoms with E-state index in [0.29, 0.717) is 28.2 Å². The van der Waals surface area contributed by atoms with E-state index in [2.05, 4.69) is 15.6 Å². The number of carbonyl (C=O) groups excluding carboxylic acids is 3. The highest BCUT2D eigenvalue weighted by Gasteiger charge is 2.35. The largest absolute Gasteiger partial charge is 0.413 e. The number of anilines is 1. The summed E-state index contributed by atoms with van der Waals surface area (Å²) in [5.41, 5.74) is 2.82. The zero-order chi connectivity index (χ0) is 23.0. The fourth-order valence-electron chi connectivity index (χ4n) is 3.61. The molecule has 0 bridgehead atoms. The summed E-state index contributed by atoms with van der Waals surface area (Å²) in [6.07, 6.45) is 0.711. The summed E-state index contributed by atoms with van der Waals surface area (Å²) in [4.78, 5) is 45.0. The molecule has 1 atom stereocenters. The molecule has 0 saturated carbocycles. The standard InChI is InChI=1S/C21H21FN4O6/c1-10-16(8-14-13-7-12(22)3-4-15(13)24-19(14)28)23-11(2)18(10)32-21(30)25-17-9-31-26(5-6-27)20(17)29/h3-4,7-8,17,23,27H,5-6,9H2,1-2H3,(H,24,28)(H,25,30)/b14-8-/t17-/m1/s1. The normalized spacial score (nSPS) is 18.8. The van der Waals surface area contributed by atoms with E-state index in [1.165, 1.54) is 18.2 Å². The minimum absolute atomic E-state index is 0.000716. The molecule has 0 aliphatic carbocycles. The molecule has 2 aliphatic heterocycles. The van der Waals surface area contributed by atoms with Gasteiger partial charge >= 0.3 is 6.09 Å². The van der Waals surface area contributed by atoms with E-state index < -0.39 is 23.9 Å². The fraction of sp³-hybridized carbons (Fsp3) is 0.286. The smallest absolute Gasteiger partial charge is 0.408 e. The van der Waals surface area contributed by atoms with E-state index in [0.717, 1.165) is 5.06 Å². The first-order chi connectivity index (χ1) is 15.3. The molecular weight excluding hydrogens is 423 g/mol. The van der Waals surface area contributed by atoms with Crippen molar-refractivity contribution in [2.75, 3.05) is 25.1 Å². The second kappa shape index (κ2) is 8.44. The van der Waals surface area contributed by atoms with Gasteiger partial charge in [-0.2, -0.15) is 0 Å². The zero-order valence-corrected chi connectivity index (χ0v) is 17.3. The van der Waals surface area contributed by atoms with Crippen LogP contribution in [0.2, 0.25) is 0 Å². The highest BCUT2D eigenvalue weighted by atomic mass is 19.1. The molecule has 2 aromatic rings. The van der Waals surface area contributed by atoms with Crippen molar-refractivity contribution in [2.24, 2.45) is 0 Å². The Morgan fingerprint density at radius 3 is 2.94 bits per heavy atom. The van der Waals surface area contributed by atoms with Gasteiger partial charge in [0.15, 0.2) is 5.75 Å². The van der Waals surface area contributed by atoms with Gasteiger partial charge in [0.2, 0.25) is 0 Å². The number of H-pyrrole nitrogens is 1. The van der Waals surface area contributed by atoms with E-state index in [9.17, 15) is 18.8 Å². The third-order valence-corrected chi connectivity index (χ3v) is 5.19. The van der Waals surface area contributed by atoms with Crippen LogP contribution in [0.15, 0.2) is 18.2 Å². The van der Waals surface area contributed by atoms with Crippen LogP contribution in [0.5, 0.6) is 5.75 Å². The number of fused-ring (bicyclic) bond motifs is 1. The van der Waals surface area contributed by atoms with Gasteiger partial charge in [-0.25, -0.2) is 14.2 Å². The number of aliphatic hydroxyl groups excluding tert-OH is 1. The first-order valence-electron chi connectivity index (χ1n) is 9.84. The van der Waals surface area contributed by atoms with Gasteiger partial charge in [0.1, 0.15) is 18.5 Å². The number of hydrogen-bond donors (Lipinski definition) is 4. The van der Waals surface area contributed by atoms with Crippen molar-refractivity contribution >= 4 is 35.2 Å². The van der Waals surface area contributed by atoms with Crippen LogP contribution in [-0.2, 0) is 14.4 Å².